The van der Waals surface area contributed by atoms with Gasteiger partial charge in [-0.2, -0.15) is 42.1 Å². The van der Waals surface area contributed by atoms with E-state index in [4.69, 9.17) is 37.9 Å². The van der Waals surface area contributed by atoms with Crippen LogP contribution in [0, 0.1) is 0 Å². The molecule has 0 atom stereocenters. The molecule has 0 unspecified atom stereocenters. The molecule has 0 bridgehead atoms. The fourth-order valence-corrected chi connectivity index (χ4v) is 24.6. The summed E-state index contributed by atoms with van der Waals surface area (Å²) in [7, 11) is -48.8. The maximum atomic E-state index is 13.7. The molecule has 15 N–H and O–H groups in total. The fourth-order valence-electron chi connectivity index (χ4n) is 11.8. The zero-order valence-electron chi connectivity index (χ0n) is 68.0. The number of carbonyl (C=O) groups is 4. The van der Waals surface area contributed by atoms with Gasteiger partial charge >= 0.3 is 0 Å². The first-order chi connectivity index (χ1) is 65.7. The van der Waals surface area contributed by atoms with Crippen LogP contribution >= 0.6 is 71.8 Å². The summed E-state index contributed by atoms with van der Waals surface area (Å²) in [6.45, 7) is 0. The minimum Gasteiger partial charge on any atom is -0.507 e. The summed E-state index contributed by atoms with van der Waals surface area (Å²) < 4.78 is 322. The molecule has 0 radical (unpaired) electrons. The van der Waals surface area contributed by atoms with E-state index < -0.39 is 253 Å². The lowest BCUT2D eigenvalue weighted by Crippen LogP contribution is -2.10. The van der Waals surface area contributed by atoms with Crippen molar-refractivity contribution in [3.05, 3.63) is 280 Å². The van der Waals surface area contributed by atoms with Crippen molar-refractivity contribution in [3.63, 3.8) is 0 Å². The van der Waals surface area contributed by atoms with Crippen LogP contribution in [0.1, 0.15) is 63.7 Å². The summed E-state index contributed by atoms with van der Waals surface area (Å²) in [5.74, 6) is -7.76. The zero-order chi connectivity index (χ0) is 104. The molecule has 49 nitrogen and oxygen atoms in total. The molecule has 0 spiro atoms. The van der Waals surface area contributed by atoms with Crippen molar-refractivity contribution in [1.82, 2.24) is 0 Å². The number of benzene rings is 12. The molecule has 12 aromatic carbocycles. The SMILES string of the molecule is O=C(c1cc(SOOO)cc(S(=O)(=O)O)c1)c1cc(S(=O)(=O)c2ccc(Cl)c(C(=O)c3cc(SOOO)cc(S(=O)(=O)O)c3)c2)ccc1O.O=C(c1cccc(SOOO)c1)c1cc(S(=O)(=O)c2ccc(O)c(C(=O)c3cccc(S(=O)(=O)O)c3)c2)ccc1O.O=S(=O)(O)c1cc(SOOO)cc(S(=O)(=O)c2cc(S(=O)(=O)c3ccc(O)c(S(=O)(=O)c4cc(SOOO)cc(S(=O)(=O)O)c4)c3)ccc2O)c1. The molecule has 0 fully saturated rings. The Hall–Kier alpha value is -10.9. The van der Waals surface area contributed by atoms with Crippen LogP contribution in [-0.4, -0.2) is 182 Å². The molecule has 0 aromatic heterocycles. The summed E-state index contributed by atoms with van der Waals surface area (Å²) in [6.07, 6.45) is 0. The third-order valence-electron chi connectivity index (χ3n) is 18.2. The Bertz CT molecular complexity index is 7930. The van der Waals surface area contributed by atoms with Crippen LogP contribution in [0.3, 0.4) is 0 Å². The van der Waals surface area contributed by atoms with Gasteiger partial charge in [0.1, 0.15) is 38.5 Å². The minimum atomic E-state index is -5.08. The van der Waals surface area contributed by atoms with Crippen molar-refractivity contribution in [1.29, 1.82) is 0 Å². The lowest BCUT2D eigenvalue weighted by Gasteiger charge is -2.13. The van der Waals surface area contributed by atoms with Crippen LogP contribution in [0.15, 0.2) is 328 Å². The summed E-state index contributed by atoms with van der Waals surface area (Å²) in [6, 6.07) is 34.0. The maximum Gasteiger partial charge on any atom is 0.294 e. The molecule has 0 heterocycles. The van der Waals surface area contributed by atoms with Gasteiger partial charge < -0.3 is 25.5 Å². The number of aromatic hydroxyl groups is 5. The van der Waals surface area contributed by atoms with E-state index in [1.807, 2.05) is 0 Å². The number of halogens is 1. The Morgan fingerprint density at radius 2 is 0.461 bits per heavy atom. The number of ketones is 4. The van der Waals surface area contributed by atoms with Gasteiger partial charge in [-0.15, -0.1) is 21.7 Å². The number of phenolic OH excluding ortho intramolecular Hbond substituents is 5. The van der Waals surface area contributed by atoms with Crippen LogP contribution in [0.25, 0.3) is 0 Å². The van der Waals surface area contributed by atoms with Gasteiger partial charge in [0.25, 0.3) is 50.6 Å². The van der Waals surface area contributed by atoms with Crippen LogP contribution in [0.4, 0.5) is 0 Å². The maximum absolute atomic E-state index is 13.7. The van der Waals surface area contributed by atoms with Crippen molar-refractivity contribution < 1.29 is 225 Å². The first kappa shape index (κ1) is 112. The van der Waals surface area contributed by atoms with E-state index in [2.05, 4.69) is 46.9 Å². The number of sulfone groups is 5. The van der Waals surface area contributed by atoms with Crippen molar-refractivity contribution in [2.45, 2.75) is 97.9 Å². The highest BCUT2D eigenvalue weighted by atomic mass is 35.5. The van der Waals surface area contributed by atoms with Gasteiger partial charge in [0.15, 0.2) is 23.1 Å². The molecule has 0 aliphatic heterocycles. The van der Waals surface area contributed by atoms with E-state index >= 15 is 0 Å². The molecule has 12 rings (SSSR count). The highest BCUT2D eigenvalue weighted by Gasteiger charge is 2.35. The van der Waals surface area contributed by atoms with Gasteiger partial charge in [-0.05, 0) is 206 Å². The van der Waals surface area contributed by atoms with E-state index in [9.17, 15) is 152 Å². The third kappa shape index (κ3) is 27.1. The number of hydrogen-bond donors (Lipinski definition) is 15. The van der Waals surface area contributed by atoms with E-state index in [1.54, 1.807) is 0 Å². The third-order valence-corrected chi connectivity index (χ3v) is 34.3. The van der Waals surface area contributed by atoms with Crippen molar-refractivity contribution in [3.8, 4) is 28.7 Å². The molecule has 0 aliphatic carbocycles. The normalized spacial score (nSPS) is 12.3. The highest BCUT2D eigenvalue weighted by molar-refractivity contribution is 7.96. The smallest absolute Gasteiger partial charge is 0.294 e. The lowest BCUT2D eigenvalue weighted by atomic mass is 10.0. The summed E-state index contributed by atoms with van der Waals surface area (Å²) in [4.78, 5) is 40.2. The van der Waals surface area contributed by atoms with Crippen molar-refractivity contribution in [2.24, 2.45) is 0 Å². The van der Waals surface area contributed by atoms with Crippen LogP contribution in [0.2, 0.25) is 5.02 Å². The fraction of sp³-hybridized carbons (Fsp3) is 0. The topological polar surface area (TPSA) is 805 Å². The molecule has 748 valence electrons. The van der Waals surface area contributed by atoms with Gasteiger partial charge in [0, 0.05) is 52.3 Å². The van der Waals surface area contributed by atoms with Gasteiger partial charge in [-0.25, -0.2) is 68.4 Å². The zero-order valence-corrected chi connectivity index (χ0v) is 81.0. The Kier molecular flexibility index (Phi) is 36.0. The standard InChI is InChI=1S/C26H17ClO17S5.C26H18O12S3.C24H18O20S7/c27-23-3-1-17(11-21(23)25(29)13-5-15(45-43-41-31)9-19(7-13)48(35,36)37)47(33,34)18-2-4-24(28)22(12-18)26(30)14-6-16(46-44-42-32)10-20(8-14)49(38,39)40;27-23-9-7-18(13-21(23)25(29)15-3-1-5-17(11-15)39-38-37-31)40(32,33)19-8-10-24(28)22(14-19)26(30)16-4-2-6-20(12-16)41(34,35)36;25-21-3-1-15(11-23(21)48(31,32)17-5-13(45-43-41-27)7-19(9-17)50(35,36)37)47(29,30)16-2-4-22(26)24(12-16)49(33,34)18-6-14(46-44-42-28)8-20(10-18)51(38,39)40/h1-12,28,31-32H,(H,35,36,37)(H,38,39,40);1-14,27-28,31H,(H,34,35,36);1-12,25-28H,(H,35,36,37)(H,38,39,40). The Morgan fingerprint density at radius 3 is 0.787 bits per heavy atom. The molecule has 141 heavy (non-hydrogen) atoms. The number of hydrogen-bond acceptors (Lipinski definition) is 49. The minimum absolute atomic E-state index is 0.0472. The Balaban J connectivity index is 0.000000219. The second-order valence-electron chi connectivity index (χ2n) is 27.0. The largest absolute Gasteiger partial charge is 0.507 e. The number of phenols is 5. The predicted octanol–water partition coefficient (Wildman–Crippen LogP) is 11.7. The number of rotatable bonds is 38. The Labute approximate surface area is 819 Å². The average molecular weight is 2270 g/mol. The second-order valence-corrected chi connectivity index (χ2v) is 48.1. The Morgan fingerprint density at radius 1 is 0.220 bits per heavy atom. The summed E-state index contributed by atoms with van der Waals surface area (Å²) in [5.41, 5.74) is -3.04. The molecule has 12 aromatic rings. The molecule has 0 saturated heterocycles. The predicted molar refractivity (Wildman–Crippen MR) is 474 cm³/mol. The van der Waals surface area contributed by atoms with E-state index in [1.165, 1.54) is 36.4 Å². The van der Waals surface area contributed by atoms with Gasteiger partial charge in [0.2, 0.25) is 49.2 Å². The van der Waals surface area contributed by atoms with Crippen molar-refractivity contribution >= 4 is 195 Å². The molecule has 0 amide bonds. The van der Waals surface area contributed by atoms with Gasteiger partial charge in [-0.3, -0.25) is 41.9 Å². The quantitative estimate of drug-likeness (QED) is 0.00562. The van der Waals surface area contributed by atoms with E-state index in [0.717, 1.165) is 146 Å². The molecule has 0 saturated carbocycles. The first-order valence-electron chi connectivity index (χ1n) is 36.0. The van der Waals surface area contributed by atoms with Crippen LogP contribution in [-0.2, 0) is 147 Å². The molecule has 0 aliphatic rings. The number of carbonyl (C=O) groups excluding carboxylic acids is 4. The van der Waals surface area contributed by atoms with Crippen LogP contribution in [0.5, 0.6) is 28.7 Å². The van der Waals surface area contributed by atoms with E-state index in [-0.39, 0.29) is 89.5 Å². The average Bonchev–Trinajstić information content (AvgIpc) is 0.757. The first-order valence-corrected chi connectivity index (χ1v) is 54.7. The molecular formula is C76H53ClO49S15. The summed E-state index contributed by atoms with van der Waals surface area (Å²) >= 11 is 7.45. The second kappa shape index (κ2) is 45.3. The highest BCUT2D eigenvalue weighted by Crippen LogP contribution is 2.42. The molecular weight excluding hydrogens is 2210 g/mol. The van der Waals surface area contributed by atoms with Gasteiger partial charge in [-0.1, -0.05) is 61.1 Å². The molecule has 65 heteroatoms. The van der Waals surface area contributed by atoms with Crippen molar-refractivity contribution in [2.75, 3.05) is 0 Å². The lowest BCUT2D eigenvalue weighted by molar-refractivity contribution is -0.432. The van der Waals surface area contributed by atoms with Crippen LogP contribution < -0.4 is 0 Å². The monoisotopic (exact) mass is 2260 g/mol. The summed E-state index contributed by atoms with van der Waals surface area (Å²) in [5, 5.41) is 111. The van der Waals surface area contributed by atoms with E-state index in [0.29, 0.717) is 65.5 Å². The van der Waals surface area contributed by atoms with Gasteiger partial charge in [0.05, 0.1) is 146 Å².